The summed E-state index contributed by atoms with van der Waals surface area (Å²) in [5.41, 5.74) is 7.82. The second kappa shape index (κ2) is 32.7. The first kappa shape index (κ1) is 71.8. The van der Waals surface area contributed by atoms with Crippen molar-refractivity contribution < 1.29 is 76.3 Å². The van der Waals surface area contributed by atoms with E-state index in [4.69, 9.17) is 37.9 Å². The van der Waals surface area contributed by atoms with E-state index in [1.54, 1.807) is 48.5 Å². The number of hydrogen-bond donors (Lipinski definition) is 0. The number of carbonyl (C=O) groups is 8. The minimum absolute atomic E-state index is 0.0697. The summed E-state index contributed by atoms with van der Waals surface area (Å²) in [6, 6.07) is 30.7. The lowest BCUT2D eigenvalue weighted by atomic mass is 9.52. The van der Waals surface area contributed by atoms with Crippen LogP contribution in [-0.4, -0.2) is 101 Å². The zero-order valence-electron chi connectivity index (χ0n) is 59.0. The third kappa shape index (κ3) is 14.7. The van der Waals surface area contributed by atoms with Crippen molar-refractivity contribution in [1.82, 2.24) is 0 Å². The maximum atomic E-state index is 14.4. The number of hydrogen-bond acceptors (Lipinski definition) is 16. The largest absolute Gasteiger partial charge is 0.462 e. The Morgan fingerprint density at radius 3 is 0.410 bits per heavy atom. The van der Waals surface area contributed by atoms with Crippen LogP contribution in [0.2, 0.25) is 0 Å². The number of carbonyl (C=O) groups excluding carboxylic acids is 8. The molecule has 4 bridgehead atoms. The molecule has 0 saturated heterocycles. The van der Waals surface area contributed by atoms with E-state index in [1.165, 1.54) is 0 Å². The molecule has 6 aliphatic rings. The van der Waals surface area contributed by atoms with E-state index < -0.39 is 71.4 Å². The van der Waals surface area contributed by atoms with Crippen molar-refractivity contribution in [1.29, 1.82) is 0 Å². The Morgan fingerprint density at radius 1 is 0.200 bits per heavy atom. The first-order valence-corrected chi connectivity index (χ1v) is 36.4. The van der Waals surface area contributed by atoms with E-state index in [0.29, 0.717) is 94.5 Å². The van der Waals surface area contributed by atoms with Gasteiger partial charge >= 0.3 is 47.8 Å². The van der Waals surface area contributed by atoms with Crippen LogP contribution in [0.3, 0.4) is 0 Å². The minimum atomic E-state index is -0.654. The van der Waals surface area contributed by atoms with E-state index in [-0.39, 0.29) is 97.4 Å². The van der Waals surface area contributed by atoms with Gasteiger partial charge in [-0.3, -0.25) is 0 Å². The smallest absolute Gasteiger partial charge is 0.339 e. The summed E-state index contributed by atoms with van der Waals surface area (Å²) >= 11 is 0. The van der Waals surface area contributed by atoms with Crippen molar-refractivity contribution >= 4 is 90.8 Å². The standard InChI is InChI=1S/C84H92O16/c1-9-17-25-93-77(85)65-41-49-33-57-58(34-50(49)42-66(65)78(86)94-26-18-10-2)74-60-36-52-44-68(80(88)96-28-20-12-4)67(79(87)95-27-19-11-3)43-51(52)35-59(60)73(57)75-61-37-53-45-69(81(89)97-29-21-13-5)71(83(91)99-31-23-15-7)47-55(53)39-63(61)76(74)64-40-56-48-72(84(92)100-32-24-16-8)70(46-54(56)38-62(64)75)82(90)98-30-22-14-6/h33-48,73-76H,9-32H2,1-8H3. The van der Waals surface area contributed by atoms with Gasteiger partial charge in [0.2, 0.25) is 0 Å². The highest BCUT2D eigenvalue weighted by Gasteiger charge is 2.51. The number of fused-ring (bicyclic) bond motifs is 4. The number of ether oxygens (including phenoxy) is 8. The van der Waals surface area contributed by atoms with Crippen molar-refractivity contribution in [2.75, 3.05) is 52.9 Å². The molecule has 0 aromatic heterocycles. The van der Waals surface area contributed by atoms with Gasteiger partial charge in [0.05, 0.1) is 97.4 Å². The van der Waals surface area contributed by atoms with Gasteiger partial charge in [-0.05, 0) is 187 Å². The van der Waals surface area contributed by atoms with Gasteiger partial charge in [-0.2, -0.15) is 0 Å². The Morgan fingerprint density at radius 2 is 0.310 bits per heavy atom. The number of rotatable bonds is 32. The molecule has 100 heavy (non-hydrogen) atoms. The third-order valence-electron chi connectivity index (χ3n) is 19.7. The molecule has 0 atom stereocenters. The average Bonchev–Trinajstić information content (AvgIpc) is 0.677. The fraction of sp³-hybridized carbons (Fsp3) is 0.429. The van der Waals surface area contributed by atoms with Crippen molar-refractivity contribution in [3.05, 3.63) is 186 Å². The molecule has 524 valence electrons. The van der Waals surface area contributed by atoms with E-state index in [1.807, 2.05) is 55.4 Å². The molecule has 14 rings (SSSR count). The van der Waals surface area contributed by atoms with Gasteiger partial charge in [0.1, 0.15) is 0 Å². The molecule has 0 amide bonds. The molecular formula is C84H92O16. The van der Waals surface area contributed by atoms with Crippen LogP contribution in [0, 0.1) is 0 Å². The van der Waals surface area contributed by atoms with Crippen LogP contribution in [0.15, 0.2) is 97.1 Å². The maximum Gasteiger partial charge on any atom is 0.339 e. The first-order valence-electron chi connectivity index (χ1n) is 36.4. The zero-order valence-corrected chi connectivity index (χ0v) is 59.0. The molecule has 0 radical (unpaired) electrons. The molecule has 0 unspecified atom stereocenters. The number of esters is 8. The molecule has 0 heterocycles. The highest BCUT2D eigenvalue weighted by molar-refractivity contribution is 6.12. The third-order valence-corrected chi connectivity index (χ3v) is 19.7. The Bertz CT molecular complexity index is 3640. The molecule has 6 aliphatic carbocycles. The van der Waals surface area contributed by atoms with Crippen molar-refractivity contribution in [2.24, 2.45) is 0 Å². The lowest BCUT2D eigenvalue weighted by Gasteiger charge is -2.50. The Hall–Kier alpha value is -9.44. The highest BCUT2D eigenvalue weighted by atomic mass is 16.6. The molecule has 0 spiro atoms. The van der Waals surface area contributed by atoms with Gasteiger partial charge in [0.15, 0.2) is 0 Å². The fourth-order valence-corrected chi connectivity index (χ4v) is 14.2. The summed E-state index contributed by atoms with van der Waals surface area (Å²) in [7, 11) is 0. The maximum absolute atomic E-state index is 14.4. The van der Waals surface area contributed by atoms with Crippen molar-refractivity contribution in [3.8, 4) is 0 Å². The van der Waals surface area contributed by atoms with Gasteiger partial charge < -0.3 is 37.9 Å². The Balaban J connectivity index is 1.25. The lowest BCUT2D eigenvalue weighted by Crippen LogP contribution is -2.36. The van der Waals surface area contributed by atoms with Crippen LogP contribution < -0.4 is 0 Å². The lowest BCUT2D eigenvalue weighted by molar-refractivity contribution is 0.0452. The van der Waals surface area contributed by atoms with Crippen LogP contribution in [0.5, 0.6) is 0 Å². The summed E-state index contributed by atoms with van der Waals surface area (Å²) in [5.74, 6) is -7.69. The van der Waals surface area contributed by atoms with Crippen LogP contribution in [0.4, 0.5) is 0 Å². The highest BCUT2D eigenvalue weighted by Crippen LogP contribution is 2.65. The normalized spacial score (nSPS) is 15.3. The van der Waals surface area contributed by atoms with Gasteiger partial charge in [0, 0.05) is 23.7 Å². The van der Waals surface area contributed by atoms with E-state index in [9.17, 15) is 38.4 Å². The molecular weight excluding hydrogens is 1260 g/mol. The summed E-state index contributed by atoms with van der Waals surface area (Å²) in [6.45, 7) is 17.2. The van der Waals surface area contributed by atoms with Gasteiger partial charge in [0.25, 0.3) is 0 Å². The van der Waals surface area contributed by atoms with E-state index >= 15 is 0 Å². The molecule has 16 heteroatoms. The van der Waals surface area contributed by atoms with Crippen LogP contribution in [0.1, 0.15) is 309 Å². The predicted octanol–water partition coefficient (Wildman–Crippen LogP) is 18.8. The topological polar surface area (TPSA) is 210 Å². The monoisotopic (exact) mass is 1360 g/mol. The van der Waals surface area contributed by atoms with Crippen LogP contribution >= 0.6 is 0 Å². The molecule has 8 aromatic carbocycles. The molecule has 0 fully saturated rings. The zero-order chi connectivity index (χ0) is 70.7. The van der Waals surface area contributed by atoms with Crippen LogP contribution in [-0.2, 0) is 37.9 Å². The van der Waals surface area contributed by atoms with E-state index in [2.05, 4.69) is 48.5 Å². The molecule has 0 saturated carbocycles. The predicted molar refractivity (Wildman–Crippen MR) is 385 cm³/mol. The molecule has 8 aromatic rings. The van der Waals surface area contributed by atoms with Crippen molar-refractivity contribution in [3.63, 3.8) is 0 Å². The van der Waals surface area contributed by atoms with Gasteiger partial charge in [-0.15, -0.1) is 0 Å². The Labute approximate surface area is 585 Å². The summed E-state index contributed by atoms with van der Waals surface area (Å²) in [5, 5.41) is 5.26. The second-order valence-corrected chi connectivity index (χ2v) is 26.7. The van der Waals surface area contributed by atoms with Crippen LogP contribution in [0.25, 0.3) is 43.1 Å². The number of unbranched alkanes of at least 4 members (excludes halogenated alkanes) is 8. The minimum Gasteiger partial charge on any atom is -0.462 e. The average molecular weight is 1360 g/mol. The quantitative estimate of drug-likeness (QED) is 0.0218. The first-order chi connectivity index (χ1) is 48.6. The summed E-state index contributed by atoms with van der Waals surface area (Å²) in [6.07, 6.45) is 11.2. The Kier molecular flexibility index (Phi) is 23.5. The second-order valence-electron chi connectivity index (χ2n) is 26.7. The molecule has 16 nitrogen and oxygen atoms in total. The number of benzene rings is 8. The van der Waals surface area contributed by atoms with Gasteiger partial charge in [-0.25, -0.2) is 38.4 Å². The fourth-order valence-electron chi connectivity index (χ4n) is 14.2. The summed E-state index contributed by atoms with van der Waals surface area (Å²) in [4.78, 5) is 115. The van der Waals surface area contributed by atoms with E-state index in [0.717, 1.165) is 95.9 Å². The van der Waals surface area contributed by atoms with Gasteiger partial charge in [-0.1, -0.05) is 155 Å². The van der Waals surface area contributed by atoms with Crippen molar-refractivity contribution in [2.45, 2.75) is 182 Å². The molecule has 0 N–H and O–H groups in total. The molecule has 0 aliphatic heterocycles. The SMILES string of the molecule is CCCCOC(=O)c1cc2cc3c(cc2cc1C(=O)OCCCC)C1c2cc4cc(C(=O)OCCCC)c(C(=O)OCCCC)cc4cc2C3C2c3cc4cc(C(=O)OCCCC)c(C(=O)OCCCC)cc4cc3C1c1cc3cc(C(=O)OCCCC)c(C(=O)OCCCC)cc3cc12. The summed E-state index contributed by atoms with van der Waals surface area (Å²) < 4.78 is 47.0.